The molecule has 1 atom stereocenters. The molecule has 2 aliphatic rings. The van der Waals surface area contributed by atoms with Crippen LogP contribution >= 0.6 is 0 Å². The Morgan fingerprint density at radius 3 is 2.68 bits per heavy atom. The van der Waals surface area contributed by atoms with Gasteiger partial charge in [-0.3, -0.25) is 9.69 Å². The number of hydrogen-bond donors (Lipinski definition) is 0. The molecule has 1 aliphatic carbocycles. The van der Waals surface area contributed by atoms with E-state index in [0.717, 1.165) is 18.9 Å². The van der Waals surface area contributed by atoms with Crippen molar-refractivity contribution in [3.8, 4) is 12.1 Å². The van der Waals surface area contributed by atoms with E-state index in [1.807, 2.05) is 0 Å². The zero-order chi connectivity index (χ0) is 15.7. The highest BCUT2D eigenvalue weighted by atomic mass is 19.1. The van der Waals surface area contributed by atoms with E-state index < -0.39 is 5.82 Å². The molecule has 1 aromatic rings. The number of amides is 1. The first-order chi connectivity index (χ1) is 10.6. The minimum atomic E-state index is -0.632. The van der Waals surface area contributed by atoms with Crippen LogP contribution in [0.5, 0.6) is 0 Å². The predicted molar refractivity (Wildman–Crippen MR) is 76.1 cm³/mol. The summed E-state index contributed by atoms with van der Waals surface area (Å²) in [6.07, 6.45) is 2.24. The first-order valence-corrected chi connectivity index (χ1v) is 7.28. The maximum atomic E-state index is 13.3. The lowest BCUT2D eigenvalue weighted by Gasteiger charge is -2.38. The number of rotatable bonds is 2. The van der Waals surface area contributed by atoms with Gasteiger partial charge in [0.1, 0.15) is 17.9 Å². The quantitative estimate of drug-likeness (QED) is 0.829. The zero-order valence-electron chi connectivity index (χ0n) is 12.0. The van der Waals surface area contributed by atoms with Gasteiger partial charge in [0.25, 0.3) is 5.91 Å². The third-order valence-electron chi connectivity index (χ3n) is 4.21. The van der Waals surface area contributed by atoms with E-state index in [9.17, 15) is 14.4 Å². The van der Waals surface area contributed by atoms with Gasteiger partial charge in [-0.05, 0) is 31.0 Å². The van der Waals surface area contributed by atoms with Gasteiger partial charge in [0.2, 0.25) is 0 Å². The Morgan fingerprint density at radius 1 is 1.27 bits per heavy atom. The Morgan fingerprint density at radius 2 is 2.05 bits per heavy atom. The van der Waals surface area contributed by atoms with Crippen molar-refractivity contribution in [3.63, 3.8) is 0 Å². The first-order valence-electron chi connectivity index (χ1n) is 7.28. The average molecular weight is 298 g/mol. The Balaban J connectivity index is 1.76. The molecule has 1 saturated heterocycles. The van der Waals surface area contributed by atoms with Crippen LogP contribution in [0, 0.1) is 28.5 Å². The molecule has 0 spiro atoms. The molecular weight excluding hydrogens is 283 g/mol. The smallest absolute Gasteiger partial charge is 0.254 e. The largest absolute Gasteiger partial charge is 0.335 e. The fraction of sp³-hybridized carbons (Fsp3) is 0.438. The highest BCUT2D eigenvalue weighted by Crippen LogP contribution is 2.30. The minimum absolute atomic E-state index is 0.140. The summed E-state index contributed by atoms with van der Waals surface area (Å²) in [5, 5.41) is 18.2. The lowest BCUT2D eigenvalue weighted by Crippen LogP contribution is -2.54. The van der Waals surface area contributed by atoms with E-state index in [0.29, 0.717) is 25.7 Å². The van der Waals surface area contributed by atoms with Crippen LogP contribution in [0.1, 0.15) is 28.8 Å². The molecule has 2 fully saturated rings. The van der Waals surface area contributed by atoms with Crippen molar-refractivity contribution in [2.45, 2.75) is 24.9 Å². The molecular formula is C16H15FN4O. The summed E-state index contributed by atoms with van der Waals surface area (Å²) in [5.74, 6) is -0.889. The predicted octanol–water partition coefficient (Wildman–Crippen LogP) is 1.51. The third kappa shape index (κ3) is 2.66. The average Bonchev–Trinajstić information content (AvgIpc) is 3.39. The highest BCUT2D eigenvalue weighted by molar-refractivity contribution is 5.94. The Bertz CT molecular complexity index is 686. The van der Waals surface area contributed by atoms with Crippen LogP contribution < -0.4 is 0 Å². The molecule has 1 unspecified atom stereocenters. The molecule has 1 saturated carbocycles. The second kappa shape index (κ2) is 5.75. The Hall–Kier alpha value is -2.44. The van der Waals surface area contributed by atoms with E-state index in [2.05, 4.69) is 11.0 Å². The van der Waals surface area contributed by atoms with Gasteiger partial charge >= 0.3 is 0 Å². The van der Waals surface area contributed by atoms with E-state index in [1.54, 1.807) is 11.0 Å². The molecule has 0 N–H and O–H groups in total. The van der Waals surface area contributed by atoms with Crippen molar-refractivity contribution < 1.29 is 9.18 Å². The van der Waals surface area contributed by atoms with E-state index in [-0.39, 0.29) is 23.1 Å². The molecule has 1 heterocycles. The summed E-state index contributed by atoms with van der Waals surface area (Å²) in [6.45, 7) is 1.58. The molecule has 0 bridgehead atoms. The second-order valence-electron chi connectivity index (χ2n) is 5.67. The van der Waals surface area contributed by atoms with Crippen LogP contribution in [0.3, 0.4) is 0 Å². The van der Waals surface area contributed by atoms with Gasteiger partial charge in [0.15, 0.2) is 0 Å². The molecule has 22 heavy (non-hydrogen) atoms. The second-order valence-corrected chi connectivity index (χ2v) is 5.67. The summed E-state index contributed by atoms with van der Waals surface area (Å²) in [7, 11) is 0. The maximum absolute atomic E-state index is 13.3. The van der Waals surface area contributed by atoms with Gasteiger partial charge < -0.3 is 4.90 Å². The number of carbonyl (C=O) groups is 1. The van der Waals surface area contributed by atoms with Crippen molar-refractivity contribution in [2.24, 2.45) is 0 Å². The topological polar surface area (TPSA) is 71.1 Å². The van der Waals surface area contributed by atoms with Crippen LogP contribution in [0.4, 0.5) is 4.39 Å². The number of piperazine rings is 1. The molecule has 1 aromatic carbocycles. The molecule has 3 rings (SSSR count). The Kier molecular flexibility index (Phi) is 3.79. The van der Waals surface area contributed by atoms with Crippen LogP contribution in [0.15, 0.2) is 18.2 Å². The number of carbonyl (C=O) groups excluding carboxylic acids is 1. The molecule has 6 heteroatoms. The van der Waals surface area contributed by atoms with Crippen molar-refractivity contribution in [1.29, 1.82) is 10.5 Å². The van der Waals surface area contributed by atoms with Gasteiger partial charge in [-0.15, -0.1) is 0 Å². The van der Waals surface area contributed by atoms with Crippen molar-refractivity contribution in [2.75, 3.05) is 19.6 Å². The minimum Gasteiger partial charge on any atom is -0.335 e. The summed E-state index contributed by atoms with van der Waals surface area (Å²) in [5.41, 5.74) is 0.147. The van der Waals surface area contributed by atoms with Crippen LogP contribution in [0.2, 0.25) is 0 Å². The summed E-state index contributed by atoms with van der Waals surface area (Å²) < 4.78 is 13.3. The molecule has 1 amide bonds. The van der Waals surface area contributed by atoms with Crippen LogP contribution in [-0.4, -0.2) is 47.4 Å². The van der Waals surface area contributed by atoms with E-state index in [1.165, 1.54) is 12.1 Å². The first kappa shape index (κ1) is 14.5. The lowest BCUT2D eigenvalue weighted by atomic mass is 10.1. The molecule has 1 aliphatic heterocycles. The zero-order valence-corrected chi connectivity index (χ0v) is 12.0. The summed E-state index contributed by atoms with van der Waals surface area (Å²) >= 11 is 0. The van der Waals surface area contributed by atoms with Crippen molar-refractivity contribution in [1.82, 2.24) is 9.80 Å². The molecule has 112 valence electrons. The monoisotopic (exact) mass is 298 g/mol. The number of hydrogen-bond acceptors (Lipinski definition) is 4. The number of halogens is 1. The molecule has 0 aromatic heterocycles. The fourth-order valence-corrected chi connectivity index (χ4v) is 2.87. The summed E-state index contributed by atoms with van der Waals surface area (Å²) in [4.78, 5) is 16.3. The van der Waals surface area contributed by atoms with Gasteiger partial charge in [0, 0.05) is 31.2 Å². The van der Waals surface area contributed by atoms with Gasteiger partial charge in [-0.1, -0.05) is 0 Å². The molecule has 0 radical (unpaired) electrons. The van der Waals surface area contributed by atoms with E-state index in [4.69, 9.17) is 5.26 Å². The summed E-state index contributed by atoms with van der Waals surface area (Å²) in [6, 6.07) is 7.98. The normalized spacial score (nSPS) is 22.0. The highest BCUT2D eigenvalue weighted by Gasteiger charge is 2.38. The van der Waals surface area contributed by atoms with Gasteiger partial charge in [-0.2, -0.15) is 10.5 Å². The van der Waals surface area contributed by atoms with E-state index >= 15 is 0 Å². The molecule has 5 nitrogen and oxygen atoms in total. The van der Waals surface area contributed by atoms with Gasteiger partial charge in [0.05, 0.1) is 11.6 Å². The van der Waals surface area contributed by atoms with Crippen molar-refractivity contribution >= 4 is 5.91 Å². The Labute approximate surface area is 128 Å². The number of nitrogens with zero attached hydrogens (tertiary/aromatic N) is 4. The standard InChI is InChI=1S/C16H15FN4O/c17-15-4-1-11(7-12(15)8-18)16(22)20-5-6-21(13-2-3-13)14(9-19)10-20/h1,4,7,13-14H,2-3,5-6,10H2. The van der Waals surface area contributed by atoms with Crippen LogP contribution in [0.25, 0.3) is 0 Å². The SMILES string of the molecule is N#Cc1cc(C(=O)N2CCN(C3CC3)C(C#N)C2)ccc1F. The lowest BCUT2D eigenvalue weighted by molar-refractivity contribution is 0.0550. The van der Waals surface area contributed by atoms with Crippen LogP contribution in [-0.2, 0) is 0 Å². The third-order valence-corrected chi connectivity index (χ3v) is 4.21. The fourth-order valence-electron chi connectivity index (χ4n) is 2.87. The number of benzene rings is 1. The van der Waals surface area contributed by atoms with Gasteiger partial charge in [-0.25, -0.2) is 4.39 Å². The number of nitriles is 2. The maximum Gasteiger partial charge on any atom is 0.254 e. The van der Waals surface area contributed by atoms with Crippen molar-refractivity contribution in [3.05, 3.63) is 35.1 Å².